The molecule has 1 aromatic heterocycles. The molecule has 0 spiro atoms. The van der Waals surface area contributed by atoms with Gasteiger partial charge in [-0.25, -0.2) is 0 Å². The van der Waals surface area contributed by atoms with Crippen molar-refractivity contribution in [2.75, 3.05) is 26.4 Å². The minimum absolute atomic E-state index is 0.0730. The van der Waals surface area contributed by atoms with Gasteiger partial charge in [0, 0.05) is 17.2 Å². The average molecular weight is 469 g/mol. The van der Waals surface area contributed by atoms with Gasteiger partial charge in [-0.3, -0.25) is 4.68 Å². The zero-order valence-corrected chi connectivity index (χ0v) is 20.8. The molecule has 34 heavy (non-hydrogen) atoms. The minimum Gasteiger partial charge on any atom is -0.494 e. The molecule has 0 fully saturated rings. The van der Waals surface area contributed by atoms with E-state index >= 15 is 0 Å². The average Bonchev–Trinajstić information content (AvgIpc) is 3.22. The molecule has 0 unspecified atom stereocenters. The van der Waals surface area contributed by atoms with Crippen LogP contribution in [0.3, 0.4) is 0 Å². The second kappa shape index (κ2) is 11.9. The molecule has 0 saturated carbocycles. The van der Waals surface area contributed by atoms with Gasteiger partial charge in [-0.1, -0.05) is 18.2 Å². The molecule has 0 aliphatic carbocycles. The molecule has 0 saturated heterocycles. The Hall–Kier alpha value is -3.03. The number of hydrogen-bond acceptors (Lipinski definition) is 6. The van der Waals surface area contributed by atoms with Crippen LogP contribution in [0.4, 0.5) is 0 Å². The molecular formula is C27H36N2O5. The van der Waals surface area contributed by atoms with Gasteiger partial charge in [0.1, 0.15) is 17.2 Å². The van der Waals surface area contributed by atoms with Crippen LogP contribution in [0.15, 0.2) is 48.5 Å². The van der Waals surface area contributed by atoms with Crippen LogP contribution in [0.1, 0.15) is 45.9 Å². The maximum atomic E-state index is 9.56. The third-order valence-electron chi connectivity index (χ3n) is 5.21. The SMILES string of the molecule is CCOc1cc(OCC)cc(-c2cc(COC(C)(C)CO)nn2Cc2ccccc2OCC)c1. The third kappa shape index (κ3) is 6.74. The first kappa shape index (κ1) is 25.6. The monoisotopic (exact) mass is 468 g/mol. The van der Waals surface area contributed by atoms with E-state index in [0.717, 1.165) is 39.8 Å². The number of rotatable bonds is 13. The Labute approximate surface area is 202 Å². The van der Waals surface area contributed by atoms with Crippen LogP contribution in [0.2, 0.25) is 0 Å². The summed E-state index contributed by atoms with van der Waals surface area (Å²) in [6.45, 7) is 12.0. The van der Waals surface area contributed by atoms with Crippen molar-refractivity contribution in [3.63, 3.8) is 0 Å². The van der Waals surface area contributed by atoms with E-state index in [-0.39, 0.29) is 13.2 Å². The van der Waals surface area contributed by atoms with Gasteiger partial charge in [-0.2, -0.15) is 5.10 Å². The number of nitrogens with zero attached hydrogens (tertiary/aromatic N) is 2. The molecule has 0 amide bonds. The maximum absolute atomic E-state index is 9.56. The van der Waals surface area contributed by atoms with Crippen molar-refractivity contribution in [3.8, 4) is 28.5 Å². The molecular weight excluding hydrogens is 432 g/mol. The van der Waals surface area contributed by atoms with Crippen molar-refractivity contribution >= 4 is 0 Å². The normalized spacial score (nSPS) is 11.5. The van der Waals surface area contributed by atoms with Crippen LogP contribution in [0.25, 0.3) is 11.3 Å². The van der Waals surface area contributed by atoms with Crippen LogP contribution in [0.5, 0.6) is 17.2 Å². The fraction of sp³-hybridized carbons (Fsp3) is 0.444. The molecule has 3 rings (SSSR count). The van der Waals surface area contributed by atoms with Gasteiger partial charge < -0.3 is 24.1 Å². The third-order valence-corrected chi connectivity index (χ3v) is 5.21. The molecule has 0 aliphatic rings. The summed E-state index contributed by atoms with van der Waals surface area (Å²) in [7, 11) is 0. The number of aliphatic hydroxyl groups excluding tert-OH is 1. The zero-order chi connectivity index (χ0) is 24.6. The highest BCUT2D eigenvalue weighted by Crippen LogP contribution is 2.32. The Morgan fingerprint density at radius 1 is 0.882 bits per heavy atom. The number of aromatic nitrogens is 2. The molecule has 1 N–H and O–H groups in total. The minimum atomic E-state index is -0.650. The van der Waals surface area contributed by atoms with E-state index in [1.165, 1.54) is 0 Å². The summed E-state index contributed by atoms with van der Waals surface area (Å²) in [5, 5.41) is 14.4. The molecule has 0 atom stereocenters. The second-order valence-electron chi connectivity index (χ2n) is 8.48. The zero-order valence-electron chi connectivity index (χ0n) is 20.8. The molecule has 0 radical (unpaired) electrons. The van der Waals surface area contributed by atoms with Gasteiger partial charge in [0.15, 0.2) is 0 Å². The van der Waals surface area contributed by atoms with Crippen molar-refractivity contribution in [2.45, 2.75) is 53.4 Å². The second-order valence-corrected chi connectivity index (χ2v) is 8.48. The number of aliphatic hydroxyl groups is 1. The largest absolute Gasteiger partial charge is 0.494 e. The van der Waals surface area contributed by atoms with Crippen LogP contribution < -0.4 is 14.2 Å². The van der Waals surface area contributed by atoms with Gasteiger partial charge >= 0.3 is 0 Å². The van der Waals surface area contributed by atoms with Crippen LogP contribution in [-0.4, -0.2) is 46.9 Å². The number of hydrogen-bond donors (Lipinski definition) is 1. The molecule has 7 heteroatoms. The highest BCUT2D eigenvalue weighted by molar-refractivity contribution is 5.65. The first-order valence-corrected chi connectivity index (χ1v) is 11.8. The fourth-order valence-corrected chi connectivity index (χ4v) is 3.52. The molecule has 0 aliphatic heterocycles. The summed E-state index contributed by atoms with van der Waals surface area (Å²) in [6.07, 6.45) is 0. The summed E-state index contributed by atoms with van der Waals surface area (Å²) >= 11 is 0. The van der Waals surface area contributed by atoms with E-state index in [9.17, 15) is 5.11 Å². The molecule has 2 aromatic carbocycles. The topological polar surface area (TPSA) is 75.0 Å². The van der Waals surface area contributed by atoms with Gasteiger partial charge in [-0.05, 0) is 58.9 Å². The summed E-state index contributed by atoms with van der Waals surface area (Å²) in [4.78, 5) is 0. The van der Waals surface area contributed by atoms with E-state index in [4.69, 9.17) is 24.0 Å². The van der Waals surface area contributed by atoms with E-state index in [0.29, 0.717) is 26.4 Å². The number of ether oxygens (including phenoxy) is 4. The molecule has 1 heterocycles. The van der Waals surface area contributed by atoms with E-state index in [1.54, 1.807) is 0 Å². The predicted octanol–water partition coefficient (Wildman–Crippen LogP) is 5.08. The number of benzene rings is 2. The highest BCUT2D eigenvalue weighted by atomic mass is 16.5. The first-order chi connectivity index (χ1) is 16.4. The fourth-order valence-electron chi connectivity index (χ4n) is 3.52. The number of para-hydroxylation sites is 1. The summed E-state index contributed by atoms with van der Waals surface area (Å²) in [5.41, 5.74) is 2.99. The van der Waals surface area contributed by atoms with Crippen molar-refractivity contribution in [1.29, 1.82) is 0 Å². The smallest absolute Gasteiger partial charge is 0.124 e. The van der Waals surface area contributed by atoms with Crippen molar-refractivity contribution in [3.05, 3.63) is 59.8 Å². The van der Waals surface area contributed by atoms with Crippen LogP contribution in [-0.2, 0) is 17.9 Å². The van der Waals surface area contributed by atoms with Crippen molar-refractivity contribution in [1.82, 2.24) is 9.78 Å². The lowest BCUT2D eigenvalue weighted by Crippen LogP contribution is -2.28. The lowest BCUT2D eigenvalue weighted by Gasteiger charge is -2.21. The highest BCUT2D eigenvalue weighted by Gasteiger charge is 2.20. The summed E-state index contributed by atoms with van der Waals surface area (Å²) in [6, 6.07) is 15.9. The van der Waals surface area contributed by atoms with E-state index < -0.39 is 5.60 Å². The van der Waals surface area contributed by atoms with Gasteiger partial charge in [0.2, 0.25) is 0 Å². The Bertz CT molecular complexity index is 1040. The van der Waals surface area contributed by atoms with Gasteiger partial charge in [-0.15, -0.1) is 0 Å². The van der Waals surface area contributed by atoms with Crippen molar-refractivity contribution in [2.24, 2.45) is 0 Å². The Morgan fingerprint density at radius 2 is 1.53 bits per heavy atom. The summed E-state index contributed by atoms with van der Waals surface area (Å²) < 4.78 is 25.3. The molecule has 184 valence electrons. The first-order valence-electron chi connectivity index (χ1n) is 11.8. The molecule has 7 nitrogen and oxygen atoms in total. The van der Waals surface area contributed by atoms with Gasteiger partial charge in [0.05, 0.1) is 56.6 Å². The molecule has 3 aromatic rings. The lowest BCUT2D eigenvalue weighted by molar-refractivity contribution is -0.0645. The van der Waals surface area contributed by atoms with Crippen LogP contribution >= 0.6 is 0 Å². The summed E-state index contributed by atoms with van der Waals surface area (Å²) in [5.74, 6) is 2.32. The maximum Gasteiger partial charge on any atom is 0.124 e. The standard InChI is InChI=1S/C27H36N2O5/c1-6-31-23-13-21(14-24(16-23)32-7-2)25-15-22(18-34-27(4,5)19-30)28-29(25)17-20-11-9-10-12-26(20)33-8-3/h9-16,30H,6-8,17-19H2,1-5H3. The predicted molar refractivity (Wildman–Crippen MR) is 133 cm³/mol. The quantitative estimate of drug-likeness (QED) is 0.377. The lowest BCUT2D eigenvalue weighted by atomic mass is 10.1. The van der Waals surface area contributed by atoms with Gasteiger partial charge in [0.25, 0.3) is 0 Å². The Kier molecular flexibility index (Phi) is 8.96. The molecule has 0 bridgehead atoms. The Balaban J connectivity index is 2.04. The van der Waals surface area contributed by atoms with Crippen molar-refractivity contribution < 1.29 is 24.1 Å². The van der Waals surface area contributed by atoms with E-state index in [2.05, 4.69) is 0 Å². The van der Waals surface area contributed by atoms with E-state index in [1.807, 2.05) is 87.8 Å². The van der Waals surface area contributed by atoms with Crippen LogP contribution in [0, 0.1) is 0 Å². The Morgan fingerprint density at radius 3 is 2.15 bits per heavy atom.